The predicted molar refractivity (Wildman–Crippen MR) is 81.3 cm³/mol. The van der Waals surface area contributed by atoms with E-state index in [0.29, 0.717) is 6.04 Å². The average Bonchev–Trinajstić information content (AvgIpc) is 2.88. The first-order valence-electron chi connectivity index (χ1n) is 7.58. The number of aromatic nitrogens is 3. The highest BCUT2D eigenvalue weighted by atomic mass is 15.4. The van der Waals surface area contributed by atoms with Crippen LogP contribution < -0.4 is 10.2 Å². The van der Waals surface area contributed by atoms with Gasteiger partial charge in [0, 0.05) is 25.3 Å². The second-order valence-electron chi connectivity index (χ2n) is 5.61. The van der Waals surface area contributed by atoms with Crippen LogP contribution in [0.4, 0.5) is 5.95 Å². The van der Waals surface area contributed by atoms with Gasteiger partial charge in [0.1, 0.15) is 0 Å². The second-order valence-corrected chi connectivity index (χ2v) is 5.61. The molecule has 0 radical (unpaired) electrons. The van der Waals surface area contributed by atoms with Gasteiger partial charge in [0.25, 0.3) is 0 Å². The fourth-order valence-electron chi connectivity index (χ4n) is 2.88. The summed E-state index contributed by atoms with van der Waals surface area (Å²) in [5, 5.41) is 8.15. The van der Waals surface area contributed by atoms with E-state index in [4.69, 9.17) is 4.98 Å². The van der Waals surface area contributed by atoms with Crippen LogP contribution in [-0.2, 0) is 0 Å². The average molecular weight is 273 g/mol. The Balaban J connectivity index is 1.91. The smallest absolute Gasteiger partial charge is 0.245 e. The van der Waals surface area contributed by atoms with Crippen LogP contribution in [-0.4, -0.2) is 40.3 Å². The number of fused-ring (bicyclic) bond motifs is 1. The monoisotopic (exact) mass is 273 g/mol. The lowest BCUT2D eigenvalue weighted by Crippen LogP contribution is -2.47. The van der Waals surface area contributed by atoms with Crippen LogP contribution >= 0.6 is 0 Å². The zero-order valence-corrected chi connectivity index (χ0v) is 12.3. The molecule has 1 atom stereocenters. The molecule has 2 aromatic rings. The molecule has 1 aliphatic heterocycles. The molecule has 0 spiro atoms. The minimum absolute atomic E-state index is 0.516. The molecule has 108 valence electrons. The highest BCUT2D eigenvalue weighted by Gasteiger charge is 2.23. The standard InChI is InChI=1S/C15H23N5/c1-3-9-19(13-5-4-8-16-10-13)15-17-14-7-6-12(2)11-20(14)18-15/h6-7,11,13,16H,3-5,8-10H2,1-2H3. The number of nitrogens with one attached hydrogen (secondary N) is 1. The van der Waals surface area contributed by atoms with Crippen LogP contribution in [0.1, 0.15) is 31.7 Å². The van der Waals surface area contributed by atoms with Gasteiger partial charge in [0.05, 0.1) is 0 Å². The first-order chi connectivity index (χ1) is 9.78. The van der Waals surface area contributed by atoms with Crippen LogP contribution in [0.5, 0.6) is 0 Å². The van der Waals surface area contributed by atoms with Crippen LogP contribution in [0.2, 0.25) is 0 Å². The molecule has 0 saturated carbocycles. The number of anilines is 1. The van der Waals surface area contributed by atoms with Crippen molar-refractivity contribution in [2.24, 2.45) is 0 Å². The topological polar surface area (TPSA) is 45.5 Å². The lowest BCUT2D eigenvalue weighted by Gasteiger charge is -2.33. The number of hydrogen-bond acceptors (Lipinski definition) is 4. The number of pyridine rings is 1. The van der Waals surface area contributed by atoms with Gasteiger partial charge in [-0.15, -0.1) is 5.10 Å². The molecule has 3 rings (SSSR count). The van der Waals surface area contributed by atoms with E-state index in [1.54, 1.807) is 0 Å². The summed E-state index contributed by atoms with van der Waals surface area (Å²) < 4.78 is 1.89. The zero-order valence-electron chi connectivity index (χ0n) is 12.3. The molecule has 3 heterocycles. The molecule has 2 aromatic heterocycles. The summed E-state index contributed by atoms with van der Waals surface area (Å²) in [5.74, 6) is 0.867. The molecule has 5 nitrogen and oxygen atoms in total. The summed E-state index contributed by atoms with van der Waals surface area (Å²) in [7, 11) is 0. The third-order valence-electron chi connectivity index (χ3n) is 3.90. The van der Waals surface area contributed by atoms with Crippen molar-refractivity contribution >= 4 is 11.6 Å². The quantitative estimate of drug-likeness (QED) is 0.925. The van der Waals surface area contributed by atoms with E-state index in [0.717, 1.165) is 37.7 Å². The molecule has 1 aliphatic rings. The fraction of sp³-hybridized carbons (Fsp3) is 0.600. The Morgan fingerprint density at radius 1 is 1.45 bits per heavy atom. The van der Waals surface area contributed by atoms with Crippen LogP contribution in [0.15, 0.2) is 18.3 Å². The van der Waals surface area contributed by atoms with E-state index in [2.05, 4.69) is 35.2 Å². The molecular formula is C15H23N5. The van der Waals surface area contributed by atoms with Gasteiger partial charge in [-0.2, -0.15) is 4.98 Å². The highest BCUT2D eigenvalue weighted by molar-refractivity contribution is 5.46. The maximum atomic E-state index is 4.70. The summed E-state index contributed by atoms with van der Waals surface area (Å²) in [5.41, 5.74) is 2.13. The molecule has 20 heavy (non-hydrogen) atoms. The minimum Gasteiger partial charge on any atom is -0.335 e. The van der Waals surface area contributed by atoms with E-state index < -0.39 is 0 Å². The molecule has 0 aliphatic carbocycles. The second kappa shape index (κ2) is 5.79. The Labute approximate surface area is 120 Å². The molecular weight excluding hydrogens is 250 g/mol. The summed E-state index contributed by atoms with van der Waals surface area (Å²) in [6.07, 6.45) is 5.61. The Kier molecular flexibility index (Phi) is 3.87. The van der Waals surface area contributed by atoms with Crippen molar-refractivity contribution in [2.45, 2.75) is 39.2 Å². The lowest BCUT2D eigenvalue weighted by molar-refractivity contribution is 0.426. The molecule has 0 bridgehead atoms. The van der Waals surface area contributed by atoms with Gasteiger partial charge >= 0.3 is 0 Å². The maximum Gasteiger partial charge on any atom is 0.245 e. The van der Waals surface area contributed by atoms with Gasteiger partial charge < -0.3 is 10.2 Å². The van der Waals surface area contributed by atoms with Crippen LogP contribution in [0, 0.1) is 6.92 Å². The van der Waals surface area contributed by atoms with Crippen molar-refractivity contribution in [1.82, 2.24) is 19.9 Å². The van der Waals surface area contributed by atoms with Gasteiger partial charge in [-0.1, -0.05) is 13.0 Å². The normalized spacial score (nSPS) is 19.4. The van der Waals surface area contributed by atoms with Gasteiger partial charge in [0.2, 0.25) is 5.95 Å². The van der Waals surface area contributed by atoms with Crippen molar-refractivity contribution in [1.29, 1.82) is 0 Å². The van der Waals surface area contributed by atoms with Crippen molar-refractivity contribution in [2.75, 3.05) is 24.5 Å². The molecule has 1 unspecified atom stereocenters. The Hall–Kier alpha value is -1.62. The summed E-state index contributed by atoms with van der Waals surface area (Å²) in [4.78, 5) is 7.07. The van der Waals surface area contributed by atoms with Crippen molar-refractivity contribution in [3.05, 3.63) is 23.9 Å². The van der Waals surface area contributed by atoms with Gasteiger partial charge in [-0.25, -0.2) is 4.52 Å². The number of nitrogens with zero attached hydrogens (tertiary/aromatic N) is 4. The SMILES string of the molecule is CCCN(c1nc2ccc(C)cn2n1)C1CCCNC1. The van der Waals surface area contributed by atoms with E-state index >= 15 is 0 Å². The van der Waals surface area contributed by atoms with Gasteiger partial charge in [-0.05, 0) is 44.4 Å². The summed E-state index contributed by atoms with van der Waals surface area (Å²) in [6, 6.07) is 4.64. The third kappa shape index (κ3) is 2.63. The van der Waals surface area contributed by atoms with E-state index in [-0.39, 0.29) is 0 Å². The maximum absolute atomic E-state index is 4.70. The third-order valence-corrected chi connectivity index (χ3v) is 3.90. The Morgan fingerprint density at radius 2 is 2.35 bits per heavy atom. The first kappa shape index (κ1) is 13.4. The molecule has 1 fully saturated rings. The van der Waals surface area contributed by atoms with Crippen LogP contribution in [0.25, 0.3) is 5.65 Å². The number of piperidine rings is 1. The molecule has 0 amide bonds. The van der Waals surface area contributed by atoms with E-state index in [1.165, 1.54) is 18.4 Å². The number of rotatable bonds is 4. The van der Waals surface area contributed by atoms with Gasteiger partial charge in [-0.3, -0.25) is 0 Å². The van der Waals surface area contributed by atoms with Crippen molar-refractivity contribution in [3.63, 3.8) is 0 Å². The Morgan fingerprint density at radius 3 is 3.10 bits per heavy atom. The zero-order chi connectivity index (χ0) is 13.9. The van der Waals surface area contributed by atoms with Gasteiger partial charge in [0.15, 0.2) is 5.65 Å². The Bertz CT molecular complexity index is 571. The van der Waals surface area contributed by atoms with Crippen molar-refractivity contribution in [3.8, 4) is 0 Å². The van der Waals surface area contributed by atoms with E-state index in [9.17, 15) is 0 Å². The molecule has 1 N–H and O–H groups in total. The largest absolute Gasteiger partial charge is 0.335 e. The summed E-state index contributed by atoms with van der Waals surface area (Å²) in [6.45, 7) is 7.48. The molecule has 1 saturated heterocycles. The first-order valence-corrected chi connectivity index (χ1v) is 7.58. The number of hydrogen-bond donors (Lipinski definition) is 1. The minimum atomic E-state index is 0.516. The van der Waals surface area contributed by atoms with Crippen molar-refractivity contribution < 1.29 is 0 Å². The van der Waals surface area contributed by atoms with E-state index in [1.807, 2.05) is 16.8 Å². The number of aryl methyl sites for hydroxylation is 1. The fourth-order valence-corrected chi connectivity index (χ4v) is 2.88. The summed E-state index contributed by atoms with van der Waals surface area (Å²) >= 11 is 0. The highest BCUT2D eigenvalue weighted by Crippen LogP contribution is 2.19. The predicted octanol–water partition coefficient (Wildman–Crippen LogP) is 2.01. The molecule has 0 aromatic carbocycles. The molecule has 5 heteroatoms. The lowest BCUT2D eigenvalue weighted by atomic mass is 10.1. The van der Waals surface area contributed by atoms with Crippen LogP contribution in [0.3, 0.4) is 0 Å².